The number of rotatable bonds is 7. The van der Waals surface area contributed by atoms with Gasteiger partial charge in [0.2, 0.25) is 0 Å². The van der Waals surface area contributed by atoms with Crippen molar-refractivity contribution in [1.29, 1.82) is 0 Å². The Hall–Kier alpha value is -2.47. The lowest BCUT2D eigenvalue weighted by Gasteiger charge is -2.31. The van der Waals surface area contributed by atoms with Gasteiger partial charge in [0, 0.05) is 19.0 Å². The minimum absolute atomic E-state index is 0.358. The van der Waals surface area contributed by atoms with Crippen LogP contribution in [-0.2, 0) is 13.1 Å². The molecule has 2 aromatic rings. The number of piperidine rings is 1. The summed E-state index contributed by atoms with van der Waals surface area (Å²) in [6.45, 7) is 6.36. The van der Waals surface area contributed by atoms with Crippen LogP contribution in [0.1, 0.15) is 36.9 Å². The van der Waals surface area contributed by atoms with Gasteiger partial charge in [0.25, 0.3) is 0 Å². The third-order valence-electron chi connectivity index (χ3n) is 4.74. The highest BCUT2D eigenvalue weighted by molar-refractivity contribution is 5.70. The summed E-state index contributed by atoms with van der Waals surface area (Å²) in [7, 11) is 0. The molecule has 138 valence electrons. The van der Waals surface area contributed by atoms with Crippen LogP contribution in [0.2, 0.25) is 0 Å². The number of hydrogen-bond donors (Lipinski definition) is 1. The normalized spacial score (nSPS) is 16.8. The van der Waals surface area contributed by atoms with Crippen LogP contribution in [0.4, 0.5) is 0 Å². The number of phenols is 1. The van der Waals surface area contributed by atoms with Crippen molar-refractivity contribution in [1.82, 2.24) is 19.9 Å². The number of nitrogens with zero attached hydrogens (tertiary/aromatic N) is 5. The van der Waals surface area contributed by atoms with Gasteiger partial charge in [0.15, 0.2) is 0 Å². The molecule has 3 rings (SSSR count). The minimum atomic E-state index is 0.358. The van der Waals surface area contributed by atoms with Crippen molar-refractivity contribution in [3.05, 3.63) is 53.9 Å². The molecule has 0 bridgehead atoms. The predicted octanol–water partition coefficient (Wildman–Crippen LogP) is 3.01. The van der Waals surface area contributed by atoms with Crippen LogP contribution in [0.15, 0.2) is 47.6 Å². The summed E-state index contributed by atoms with van der Waals surface area (Å²) in [6, 6.07) is 7.67. The number of phenolic OH excluding ortho intramolecular Hbond substituents is 1. The fourth-order valence-corrected chi connectivity index (χ4v) is 3.33. The molecule has 0 unspecified atom stereocenters. The summed E-state index contributed by atoms with van der Waals surface area (Å²) < 4.78 is 1.86. The molecule has 2 heterocycles. The molecule has 1 fully saturated rings. The second-order valence-corrected chi connectivity index (χ2v) is 6.70. The Balaban J connectivity index is 1.44. The molecule has 6 nitrogen and oxygen atoms in total. The van der Waals surface area contributed by atoms with Gasteiger partial charge in [0.1, 0.15) is 5.75 Å². The Morgan fingerprint density at radius 2 is 2.15 bits per heavy atom. The van der Waals surface area contributed by atoms with Crippen LogP contribution in [-0.4, -0.2) is 50.8 Å². The van der Waals surface area contributed by atoms with Gasteiger partial charge in [-0.2, -0.15) is 0 Å². The van der Waals surface area contributed by atoms with Crippen molar-refractivity contribution in [2.24, 2.45) is 4.99 Å². The lowest BCUT2D eigenvalue weighted by molar-refractivity contribution is 0.202. The van der Waals surface area contributed by atoms with Gasteiger partial charge in [-0.3, -0.25) is 14.6 Å². The molecule has 1 aromatic carbocycles. The van der Waals surface area contributed by atoms with E-state index in [0.29, 0.717) is 18.2 Å². The fourth-order valence-electron chi connectivity index (χ4n) is 3.33. The summed E-state index contributed by atoms with van der Waals surface area (Å²) in [4.78, 5) is 6.72. The Morgan fingerprint density at radius 1 is 1.31 bits per heavy atom. The van der Waals surface area contributed by atoms with E-state index >= 15 is 0 Å². The van der Waals surface area contributed by atoms with E-state index < -0.39 is 0 Å². The van der Waals surface area contributed by atoms with Crippen LogP contribution in [0.3, 0.4) is 0 Å². The molecule has 0 amide bonds. The van der Waals surface area contributed by atoms with Gasteiger partial charge in [-0.05, 0) is 62.5 Å². The van der Waals surface area contributed by atoms with Crippen LogP contribution < -0.4 is 0 Å². The van der Waals surface area contributed by atoms with Gasteiger partial charge in [0.05, 0.1) is 18.8 Å². The highest BCUT2D eigenvalue weighted by atomic mass is 16.3. The fraction of sp³-hybridized carbons (Fsp3) is 0.450. The van der Waals surface area contributed by atoms with E-state index in [2.05, 4.69) is 26.3 Å². The quantitative estimate of drug-likeness (QED) is 0.777. The topological polar surface area (TPSA) is 66.5 Å². The van der Waals surface area contributed by atoms with Crippen molar-refractivity contribution in [2.75, 3.05) is 19.6 Å². The SMILES string of the molecule is CC=CC=NCCn1cc(CN2CCC(c3cccc(O)c3)CC2)nn1. The van der Waals surface area contributed by atoms with Crippen LogP contribution in [0.5, 0.6) is 5.75 Å². The molecule has 1 aliphatic rings. The number of aromatic nitrogens is 3. The molecule has 0 radical (unpaired) electrons. The summed E-state index contributed by atoms with van der Waals surface area (Å²) in [5, 5.41) is 18.1. The van der Waals surface area contributed by atoms with E-state index in [4.69, 9.17) is 0 Å². The van der Waals surface area contributed by atoms with Crippen molar-refractivity contribution in [3.63, 3.8) is 0 Å². The highest BCUT2D eigenvalue weighted by Gasteiger charge is 2.21. The van der Waals surface area contributed by atoms with E-state index in [1.54, 1.807) is 6.07 Å². The summed E-state index contributed by atoms with van der Waals surface area (Å²) >= 11 is 0. The smallest absolute Gasteiger partial charge is 0.115 e. The third kappa shape index (κ3) is 5.26. The van der Waals surface area contributed by atoms with Gasteiger partial charge in [-0.25, -0.2) is 0 Å². The maximum Gasteiger partial charge on any atom is 0.115 e. The first-order chi connectivity index (χ1) is 12.7. The molecule has 0 spiro atoms. The van der Waals surface area contributed by atoms with Crippen molar-refractivity contribution < 1.29 is 5.11 Å². The van der Waals surface area contributed by atoms with E-state index in [-0.39, 0.29) is 0 Å². The first kappa shape index (κ1) is 18.3. The van der Waals surface area contributed by atoms with Crippen LogP contribution in [0.25, 0.3) is 0 Å². The molecule has 1 N–H and O–H groups in total. The summed E-state index contributed by atoms with van der Waals surface area (Å²) in [6.07, 6.45) is 9.93. The molecule has 0 aliphatic carbocycles. The monoisotopic (exact) mass is 353 g/mol. The van der Waals surface area contributed by atoms with E-state index in [0.717, 1.165) is 44.7 Å². The largest absolute Gasteiger partial charge is 0.508 e. The Bertz CT molecular complexity index is 744. The number of aliphatic imine (C=N–C) groups is 1. The molecule has 1 saturated heterocycles. The number of likely N-dealkylation sites (tertiary alicyclic amines) is 1. The molecule has 0 saturated carbocycles. The lowest BCUT2D eigenvalue weighted by Crippen LogP contribution is -2.32. The third-order valence-corrected chi connectivity index (χ3v) is 4.74. The van der Waals surface area contributed by atoms with Gasteiger partial charge in [-0.1, -0.05) is 23.4 Å². The average molecular weight is 353 g/mol. The van der Waals surface area contributed by atoms with Gasteiger partial charge < -0.3 is 5.11 Å². The first-order valence-corrected chi connectivity index (χ1v) is 9.26. The second kappa shape index (κ2) is 9.29. The standard InChI is InChI=1S/C20H27N5O/c1-2-3-9-21-10-13-25-16-19(22-23-25)15-24-11-7-17(8-12-24)18-5-4-6-20(26)14-18/h2-6,9,14,16-17,26H,7-8,10-13,15H2,1H3. The average Bonchev–Trinajstić information content (AvgIpc) is 3.09. The van der Waals surface area contributed by atoms with Crippen molar-refractivity contribution in [3.8, 4) is 5.75 Å². The van der Waals surface area contributed by atoms with Gasteiger partial charge >= 0.3 is 0 Å². The molecule has 1 aromatic heterocycles. The maximum absolute atomic E-state index is 9.66. The predicted molar refractivity (Wildman–Crippen MR) is 104 cm³/mol. The number of allylic oxidation sites excluding steroid dienone is 2. The molecular formula is C20H27N5O. The Labute approximate surface area is 154 Å². The Kier molecular flexibility index (Phi) is 6.55. The maximum atomic E-state index is 9.66. The zero-order valence-electron chi connectivity index (χ0n) is 15.3. The molecule has 1 aliphatic heterocycles. The molecular weight excluding hydrogens is 326 g/mol. The van der Waals surface area contributed by atoms with E-state index in [1.165, 1.54) is 5.56 Å². The highest BCUT2D eigenvalue weighted by Crippen LogP contribution is 2.30. The van der Waals surface area contributed by atoms with Gasteiger partial charge in [-0.15, -0.1) is 5.10 Å². The number of benzene rings is 1. The summed E-state index contributed by atoms with van der Waals surface area (Å²) in [5.41, 5.74) is 2.26. The zero-order chi connectivity index (χ0) is 18.2. The zero-order valence-corrected chi connectivity index (χ0v) is 15.3. The molecule has 6 heteroatoms. The molecule has 0 atom stereocenters. The Morgan fingerprint density at radius 3 is 2.92 bits per heavy atom. The molecule has 26 heavy (non-hydrogen) atoms. The minimum Gasteiger partial charge on any atom is -0.508 e. The van der Waals surface area contributed by atoms with E-state index in [9.17, 15) is 5.11 Å². The number of aromatic hydroxyl groups is 1. The lowest BCUT2D eigenvalue weighted by atomic mass is 9.89. The van der Waals surface area contributed by atoms with Crippen molar-refractivity contribution in [2.45, 2.75) is 38.8 Å². The second-order valence-electron chi connectivity index (χ2n) is 6.70. The summed E-state index contributed by atoms with van der Waals surface area (Å²) in [5.74, 6) is 0.889. The van der Waals surface area contributed by atoms with Crippen LogP contribution in [0, 0.1) is 0 Å². The van der Waals surface area contributed by atoms with Crippen molar-refractivity contribution >= 4 is 6.21 Å². The van der Waals surface area contributed by atoms with Crippen LogP contribution >= 0.6 is 0 Å². The first-order valence-electron chi connectivity index (χ1n) is 9.26. The van der Waals surface area contributed by atoms with E-state index in [1.807, 2.05) is 48.3 Å². The number of hydrogen-bond acceptors (Lipinski definition) is 5.